The normalized spacial score (nSPS) is 21.0. The van der Waals surface area contributed by atoms with Gasteiger partial charge in [0.2, 0.25) is 5.60 Å². The summed E-state index contributed by atoms with van der Waals surface area (Å²) >= 11 is 0. The van der Waals surface area contributed by atoms with Crippen LogP contribution in [-0.2, 0) is 31.1 Å². The predicted molar refractivity (Wildman–Crippen MR) is 152 cm³/mol. The number of carboxylic acids is 1. The van der Waals surface area contributed by atoms with E-state index < -0.39 is 23.7 Å². The Labute approximate surface area is 252 Å². The molecule has 1 aromatic heterocycles. The number of anilines is 1. The number of quaternary nitrogens is 1. The molecule has 0 saturated carbocycles. The van der Waals surface area contributed by atoms with Gasteiger partial charge < -0.3 is 29.5 Å². The molecule has 9 nitrogen and oxygen atoms in total. The number of aromatic nitrogens is 1. The van der Waals surface area contributed by atoms with E-state index in [9.17, 15) is 27.9 Å². The Morgan fingerprint density at radius 3 is 2.00 bits per heavy atom. The third-order valence-electron chi connectivity index (χ3n) is 8.13. The van der Waals surface area contributed by atoms with Crippen LogP contribution >= 0.6 is 0 Å². The van der Waals surface area contributed by atoms with E-state index in [0.29, 0.717) is 34.5 Å². The van der Waals surface area contributed by atoms with Crippen LogP contribution in [0.5, 0.6) is 0 Å². The number of aryl methyl sites for hydroxylation is 1. The van der Waals surface area contributed by atoms with Crippen molar-refractivity contribution in [2.24, 2.45) is 5.92 Å². The second-order valence-electron chi connectivity index (χ2n) is 11.1. The van der Waals surface area contributed by atoms with E-state index in [4.69, 9.17) is 14.6 Å². The van der Waals surface area contributed by atoms with E-state index in [1.165, 1.54) is 0 Å². The molecule has 3 aromatic rings. The van der Waals surface area contributed by atoms with Crippen molar-refractivity contribution in [1.82, 2.24) is 4.98 Å². The summed E-state index contributed by atoms with van der Waals surface area (Å²) in [5.41, 5.74) is -0.0396. The molecule has 0 unspecified atom stereocenters. The summed E-state index contributed by atoms with van der Waals surface area (Å²) in [6.45, 7) is 4.64. The Morgan fingerprint density at radius 2 is 1.50 bits per heavy atom. The number of nitrogens with zero attached hydrogens (tertiary/aromatic N) is 2. The zero-order chi connectivity index (χ0) is 32.0. The van der Waals surface area contributed by atoms with Gasteiger partial charge in [0.05, 0.1) is 13.1 Å². The zero-order valence-electron chi connectivity index (χ0n) is 24.1. The van der Waals surface area contributed by atoms with E-state index in [1.54, 1.807) is 54.6 Å². The average Bonchev–Trinajstić information content (AvgIpc) is 3.01. The van der Waals surface area contributed by atoms with Gasteiger partial charge in [-0.1, -0.05) is 73.7 Å². The number of benzene rings is 2. The summed E-state index contributed by atoms with van der Waals surface area (Å²) in [5.74, 6) is -2.98. The van der Waals surface area contributed by atoms with Crippen molar-refractivity contribution in [2.45, 2.75) is 44.1 Å². The summed E-state index contributed by atoms with van der Waals surface area (Å²) in [4.78, 5) is 39.9. The van der Waals surface area contributed by atoms with Crippen LogP contribution in [0.4, 0.5) is 19.0 Å². The molecule has 12 heteroatoms. The molecule has 6 rings (SSSR count). The van der Waals surface area contributed by atoms with Crippen molar-refractivity contribution in [3.05, 3.63) is 95.7 Å². The quantitative estimate of drug-likeness (QED) is 0.295. The van der Waals surface area contributed by atoms with Crippen molar-refractivity contribution in [3.8, 4) is 0 Å². The summed E-state index contributed by atoms with van der Waals surface area (Å²) < 4.78 is 38.2. The molecule has 0 aliphatic carbocycles. The van der Waals surface area contributed by atoms with Crippen LogP contribution in [-0.4, -0.2) is 70.9 Å². The van der Waals surface area contributed by atoms with Crippen molar-refractivity contribution in [3.63, 3.8) is 0 Å². The lowest BCUT2D eigenvalue weighted by Gasteiger charge is -2.51. The van der Waals surface area contributed by atoms with E-state index in [1.807, 2.05) is 31.2 Å². The fraction of sp³-hybridized carbons (Fsp3) is 0.375. The van der Waals surface area contributed by atoms with Gasteiger partial charge in [0.15, 0.2) is 12.6 Å². The summed E-state index contributed by atoms with van der Waals surface area (Å²) in [5, 5.41) is 23.5. The van der Waals surface area contributed by atoms with Gasteiger partial charge in [0.1, 0.15) is 18.3 Å². The number of nitrogens with one attached hydrogen (secondary N) is 1. The van der Waals surface area contributed by atoms with Gasteiger partial charge in [-0.2, -0.15) is 13.2 Å². The molecule has 3 saturated heterocycles. The fourth-order valence-electron chi connectivity index (χ4n) is 5.79. The maximum atomic E-state index is 13.7. The van der Waals surface area contributed by atoms with Gasteiger partial charge in [-0.25, -0.2) is 9.78 Å². The molecule has 0 spiro atoms. The van der Waals surface area contributed by atoms with Gasteiger partial charge >= 0.3 is 12.1 Å². The number of amides is 1. The molecule has 2 bridgehead atoms. The van der Waals surface area contributed by atoms with Crippen molar-refractivity contribution in [2.75, 3.05) is 31.5 Å². The number of carbonyl (C=O) groups is 3. The smallest absolute Gasteiger partial charge is 0.430 e. The topological polar surface area (TPSA) is 129 Å². The lowest BCUT2D eigenvalue weighted by atomic mass is 9.82. The van der Waals surface area contributed by atoms with Crippen LogP contribution in [0.3, 0.4) is 0 Å². The average molecular weight is 614 g/mol. The third kappa shape index (κ3) is 7.61. The van der Waals surface area contributed by atoms with Crippen molar-refractivity contribution in [1.29, 1.82) is 0 Å². The Morgan fingerprint density at radius 1 is 0.955 bits per heavy atom. The minimum absolute atomic E-state index is 0.0868. The van der Waals surface area contributed by atoms with Crippen LogP contribution in [0.15, 0.2) is 78.9 Å². The molecule has 1 atom stereocenters. The minimum Gasteiger partial charge on any atom is -0.542 e. The van der Waals surface area contributed by atoms with Crippen molar-refractivity contribution >= 4 is 23.7 Å². The number of ether oxygens (including phenoxy) is 1. The van der Waals surface area contributed by atoms with Crippen LogP contribution in [0.1, 0.15) is 36.6 Å². The number of rotatable bonds is 8. The molecule has 1 amide bonds. The number of piperidine rings is 3. The van der Waals surface area contributed by atoms with Crippen LogP contribution in [0.25, 0.3) is 0 Å². The Bertz CT molecular complexity index is 1400. The zero-order valence-corrected chi connectivity index (χ0v) is 24.1. The summed E-state index contributed by atoms with van der Waals surface area (Å²) in [6, 6.07) is 23.5. The number of carbonyl (C=O) groups excluding carboxylic acids is 3. The number of aliphatic carboxylic acids is 1. The highest BCUT2D eigenvalue weighted by Gasteiger charge is 2.51. The standard InChI is InChI=1S/C30H33N3O4.C2HF3O2/c1-2-25-14-9-15-27(31-25)32-28(34)21-33-18-16-22(17-19-33)26(20-33)37-29(35)30(36,23-10-5-3-6-11-23)24-12-7-4-8-13-24;3-2(4,5)1(6)7/h3-15,22,26,36H,2,16-21H2,1H3;(H,6,7)/t22?,26-,33?;/m0./s1. The maximum Gasteiger partial charge on any atom is 0.430 e. The van der Waals surface area contributed by atoms with E-state index >= 15 is 0 Å². The number of aliphatic hydroxyl groups is 1. The first-order chi connectivity index (χ1) is 20.9. The highest BCUT2D eigenvalue weighted by Crippen LogP contribution is 2.38. The highest BCUT2D eigenvalue weighted by molar-refractivity contribution is 5.90. The SMILES string of the molecule is CCc1cccc(NC(=O)C[N+]23CCC(CC2)[C@@H](OC(=O)C(O)(c2ccccc2)c2ccccc2)C3)n1.O=C([O-])C(F)(F)F. The molecule has 4 heterocycles. The van der Waals surface area contributed by atoms with Gasteiger partial charge in [0.25, 0.3) is 5.91 Å². The van der Waals surface area contributed by atoms with Gasteiger partial charge in [-0.15, -0.1) is 0 Å². The Balaban J connectivity index is 0.000000566. The third-order valence-corrected chi connectivity index (χ3v) is 8.13. The van der Waals surface area contributed by atoms with E-state index in [-0.39, 0.29) is 17.9 Å². The number of hydrogen-bond donors (Lipinski definition) is 2. The first-order valence-electron chi connectivity index (χ1n) is 14.3. The Kier molecular flexibility index (Phi) is 10.1. The number of fused-ring (bicyclic) bond motifs is 3. The molecule has 3 aliphatic heterocycles. The predicted octanol–water partition coefficient (Wildman–Crippen LogP) is 2.97. The summed E-state index contributed by atoms with van der Waals surface area (Å²) in [7, 11) is 0. The van der Waals surface area contributed by atoms with Gasteiger partial charge in [-0.3, -0.25) is 4.79 Å². The van der Waals surface area contributed by atoms with Crippen LogP contribution in [0.2, 0.25) is 0 Å². The lowest BCUT2D eigenvalue weighted by Crippen LogP contribution is -2.66. The van der Waals surface area contributed by atoms with E-state index in [2.05, 4.69) is 10.3 Å². The largest absolute Gasteiger partial charge is 0.542 e. The molecule has 3 fully saturated rings. The van der Waals surface area contributed by atoms with Crippen molar-refractivity contribution < 1.29 is 47.0 Å². The highest BCUT2D eigenvalue weighted by atomic mass is 19.4. The number of alkyl halides is 3. The molecule has 3 aliphatic rings. The monoisotopic (exact) mass is 613 g/mol. The second kappa shape index (κ2) is 13.6. The minimum atomic E-state index is -5.19. The molecule has 2 aromatic carbocycles. The van der Waals surface area contributed by atoms with Crippen LogP contribution in [0, 0.1) is 5.92 Å². The Hall–Kier alpha value is -4.29. The molecular formula is C32H34F3N3O6. The number of pyridine rings is 1. The second-order valence-corrected chi connectivity index (χ2v) is 11.1. The molecule has 0 radical (unpaired) electrons. The molecular weight excluding hydrogens is 579 g/mol. The van der Waals surface area contributed by atoms with Gasteiger partial charge in [0, 0.05) is 24.5 Å². The molecule has 44 heavy (non-hydrogen) atoms. The number of esters is 1. The maximum absolute atomic E-state index is 13.7. The number of halogens is 3. The lowest BCUT2D eigenvalue weighted by molar-refractivity contribution is -0.939. The van der Waals surface area contributed by atoms with E-state index in [0.717, 1.165) is 38.0 Å². The van der Waals surface area contributed by atoms with Crippen LogP contribution < -0.4 is 10.4 Å². The summed E-state index contributed by atoms with van der Waals surface area (Å²) in [6.07, 6.45) is -2.99. The molecule has 234 valence electrons. The first-order valence-corrected chi connectivity index (χ1v) is 14.3. The molecule has 2 N–H and O–H groups in total. The van der Waals surface area contributed by atoms with Gasteiger partial charge in [-0.05, 0) is 29.7 Å². The number of hydrogen-bond acceptors (Lipinski definition) is 7. The number of carboxylic acid groups (broad SMARTS) is 1. The first kappa shape index (κ1) is 32.6. The fourth-order valence-corrected chi connectivity index (χ4v) is 5.79.